The first-order valence-electron chi connectivity index (χ1n) is 4.43. The van der Waals surface area contributed by atoms with Crippen LogP contribution in [0.4, 0.5) is 13.2 Å². The van der Waals surface area contributed by atoms with Crippen LogP contribution < -0.4 is 0 Å². The summed E-state index contributed by atoms with van der Waals surface area (Å²) in [5, 5.41) is 0.208. The van der Waals surface area contributed by atoms with E-state index in [4.69, 9.17) is 0 Å². The molecule has 0 bridgehead atoms. The molecule has 1 aromatic carbocycles. The normalized spacial score (nSPS) is 11.6. The van der Waals surface area contributed by atoms with Crippen LogP contribution in [0.5, 0.6) is 0 Å². The fraction of sp³-hybridized carbons (Fsp3) is 0.300. The van der Waals surface area contributed by atoms with Crippen molar-refractivity contribution in [3.8, 4) is 0 Å². The molecular formula is C10H7BrF3IOS. The van der Waals surface area contributed by atoms with Gasteiger partial charge in [0.15, 0.2) is 0 Å². The Labute approximate surface area is 123 Å². The van der Waals surface area contributed by atoms with Crippen molar-refractivity contribution >= 4 is 56.1 Å². The molecule has 0 aliphatic heterocycles. The first-order valence-corrected chi connectivity index (χ1v) is 7.45. The Balaban J connectivity index is 2.90. The summed E-state index contributed by atoms with van der Waals surface area (Å²) in [5.41, 5.74) is -3.67. The van der Waals surface area contributed by atoms with E-state index >= 15 is 0 Å². The third kappa shape index (κ3) is 5.60. The van der Waals surface area contributed by atoms with Crippen LogP contribution in [0.3, 0.4) is 0 Å². The molecule has 0 fully saturated rings. The zero-order valence-electron chi connectivity index (χ0n) is 8.35. The minimum Gasteiger partial charge on any atom is -0.298 e. The molecule has 0 saturated heterocycles. The fourth-order valence-electron chi connectivity index (χ4n) is 1.14. The topological polar surface area (TPSA) is 17.1 Å². The SMILES string of the molecule is O=C(CBr)Cc1cc(SC(F)(F)F)ccc1I. The Hall–Kier alpha value is 0.240. The van der Waals surface area contributed by atoms with Gasteiger partial charge in [0.25, 0.3) is 0 Å². The smallest absolute Gasteiger partial charge is 0.298 e. The van der Waals surface area contributed by atoms with E-state index in [9.17, 15) is 18.0 Å². The molecule has 1 rings (SSSR count). The molecule has 0 spiro atoms. The number of alkyl halides is 4. The van der Waals surface area contributed by atoms with Crippen molar-refractivity contribution in [3.63, 3.8) is 0 Å². The van der Waals surface area contributed by atoms with Gasteiger partial charge in [0.1, 0.15) is 5.78 Å². The zero-order valence-corrected chi connectivity index (χ0v) is 12.9. The lowest BCUT2D eigenvalue weighted by Gasteiger charge is -2.08. The van der Waals surface area contributed by atoms with Gasteiger partial charge in [-0.25, -0.2) is 0 Å². The molecule has 17 heavy (non-hydrogen) atoms. The van der Waals surface area contributed by atoms with Crippen LogP contribution >= 0.6 is 50.3 Å². The van der Waals surface area contributed by atoms with Crippen molar-refractivity contribution in [2.45, 2.75) is 16.8 Å². The number of thioether (sulfide) groups is 1. The zero-order chi connectivity index (χ0) is 13.1. The summed E-state index contributed by atoms with van der Waals surface area (Å²) >= 11 is 4.86. The highest BCUT2D eigenvalue weighted by Crippen LogP contribution is 2.37. The van der Waals surface area contributed by atoms with Crippen molar-refractivity contribution in [1.82, 2.24) is 0 Å². The van der Waals surface area contributed by atoms with Gasteiger partial charge in [-0.1, -0.05) is 15.9 Å². The fourth-order valence-corrected chi connectivity index (χ4v) is 2.47. The van der Waals surface area contributed by atoms with Gasteiger partial charge < -0.3 is 0 Å². The number of halogens is 5. The molecular weight excluding hydrogens is 432 g/mol. The second-order valence-electron chi connectivity index (χ2n) is 3.15. The van der Waals surface area contributed by atoms with Crippen LogP contribution in [-0.2, 0) is 11.2 Å². The number of rotatable bonds is 4. The van der Waals surface area contributed by atoms with Crippen LogP contribution in [0, 0.1) is 3.57 Å². The molecule has 94 valence electrons. The molecule has 7 heteroatoms. The van der Waals surface area contributed by atoms with Gasteiger partial charge in [-0.2, -0.15) is 13.2 Å². The van der Waals surface area contributed by atoms with Gasteiger partial charge in [-0.3, -0.25) is 4.79 Å². The Morgan fingerprint density at radius 3 is 2.59 bits per heavy atom. The second-order valence-corrected chi connectivity index (χ2v) is 6.01. The molecule has 0 radical (unpaired) electrons. The highest BCUT2D eigenvalue weighted by molar-refractivity contribution is 14.1. The summed E-state index contributed by atoms with van der Waals surface area (Å²) in [5.74, 6) is -0.0583. The molecule has 1 aromatic rings. The van der Waals surface area contributed by atoms with Crippen LogP contribution in [0.1, 0.15) is 5.56 Å². The first kappa shape index (κ1) is 15.3. The molecule has 0 amide bonds. The highest BCUT2D eigenvalue weighted by atomic mass is 127. The minimum atomic E-state index is -4.30. The molecule has 1 nitrogen and oxygen atoms in total. The number of ketones is 1. The summed E-state index contributed by atoms with van der Waals surface area (Å²) in [6.07, 6.45) is 0.149. The molecule has 0 saturated carbocycles. The maximum Gasteiger partial charge on any atom is 0.446 e. The van der Waals surface area contributed by atoms with Crippen LogP contribution in [-0.4, -0.2) is 16.6 Å². The lowest BCUT2D eigenvalue weighted by Crippen LogP contribution is -2.06. The van der Waals surface area contributed by atoms with Gasteiger partial charge in [-0.05, 0) is 58.1 Å². The number of hydrogen-bond donors (Lipinski definition) is 0. The Kier molecular flexibility index (Phi) is 5.78. The number of Topliss-reactive ketones (excluding diaryl/α,β-unsaturated/α-hetero) is 1. The monoisotopic (exact) mass is 438 g/mol. The van der Waals surface area contributed by atoms with E-state index in [-0.39, 0.29) is 34.2 Å². The predicted molar refractivity (Wildman–Crippen MR) is 73.6 cm³/mol. The van der Waals surface area contributed by atoms with Gasteiger partial charge >= 0.3 is 5.51 Å². The number of carbonyl (C=O) groups is 1. The van der Waals surface area contributed by atoms with Crippen LogP contribution in [0.15, 0.2) is 23.1 Å². The lowest BCUT2D eigenvalue weighted by molar-refractivity contribution is -0.115. The second kappa shape index (κ2) is 6.42. The van der Waals surface area contributed by atoms with E-state index in [1.807, 2.05) is 22.6 Å². The minimum absolute atomic E-state index is 0.0583. The van der Waals surface area contributed by atoms with Gasteiger partial charge in [0.2, 0.25) is 0 Å². The maximum absolute atomic E-state index is 12.2. The molecule has 0 heterocycles. The van der Waals surface area contributed by atoms with Crippen molar-refractivity contribution in [3.05, 3.63) is 27.3 Å². The molecule has 0 atom stereocenters. The van der Waals surface area contributed by atoms with Crippen molar-refractivity contribution < 1.29 is 18.0 Å². The average molecular weight is 439 g/mol. The Bertz CT molecular complexity index is 423. The third-order valence-electron chi connectivity index (χ3n) is 1.79. The summed E-state index contributed by atoms with van der Waals surface area (Å²) in [7, 11) is 0. The van der Waals surface area contributed by atoms with Gasteiger partial charge in [-0.15, -0.1) is 0 Å². The van der Waals surface area contributed by atoms with Crippen molar-refractivity contribution in [1.29, 1.82) is 0 Å². The van der Waals surface area contributed by atoms with Crippen LogP contribution in [0.2, 0.25) is 0 Å². The van der Waals surface area contributed by atoms with Crippen molar-refractivity contribution in [2.75, 3.05) is 5.33 Å². The predicted octanol–water partition coefficient (Wildman–Crippen LogP) is 4.41. The molecule has 0 aromatic heterocycles. The molecule has 0 N–H and O–H groups in total. The molecule has 0 unspecified atom stereocenters. The lowest BCUT2D eigenvalue weighted by atomic mass is 10.1. The maximum atomic E-state index is 12.2. The summed E-state index contributed by atoms with van der Waals surface area (Å²) in [6.45, 7) is 0. The Morgan fingerprint density at radius 1 is 1.41 bits per heavy atom. The van der Waals surface area contributed by atoms with E-state index < -0.39 is 5.51 Å². The summed E-state index contributed by atoms with van der Waals surface area (Å²) in [4.78, 5) is 11.4. The summed E-state index contributed by atoms with van der Waals surface area (Å²) < 4.78 is 37.4. The largest absolute Gasteiger partial charge is 0.446 e. The standard InChI is InChI=1S/C10H7BrF3IOS/c11-5-7(16)3-6-4-8(1-2-9(6)15)17-10(12,13)14/h1-2,4H,3,5H2. The quantitative estimate of drug-likeness (QED) is 0.393. The number of carbonyl (C=O) groups excluding carboxylic acids is 1. The average Bonchev–Trinajstić information content (AvgIpc) is 2.20. The van der Waals surface area contributed by atoms with E-state index in [1.54, 1.807) is 6.07 Å². The van der Waals surface area contributed by atoms with E-state index in [1.165, 1.54) is 12.1 Å². The van der Waals surface area contributed by atoms with E-state index in [0.29, 0.717) is 5.56 Å². The highest BCUT2D eigenvalue weighted by Gasteiger charge is 2.29. The number of benzene rings is 1. The Morgan fingerprint density at radius 2 is 2.06 bits per heavy atom. The van der Waals surface area contributed by atoms with Gasteiger partial charge in [0, 0.05) is 14.9 Å². The molecule has 0 aliphatic rings. The molecule has 0 aliphatic carbocycles. The van der Waals surface area contributed by atoms with Gasteiger partial charge in [0.05, 0.1) is 5.33 Å². The summed E-state index contributed by atoms with van der Waals surface area (Å²) in [6, 6.07) is 4.41. The first-order chi connectivity index (χ1) is 7.81. The van der Waals surface area contributed by atoms with Crippen molar-refractivity contribution in [2.24, 2.45) is 0 Å². The van der Waals surface area contributed by atoms with E-state index in [2.05, 4.69) is 15.9 Å². The number of hydrogen-bond acceptors (Lipinski definition) is 2. The van der Waals surface area contributed by atoms with Crippen LogP contribution in [0.25, 0.3) is 0 Å². The van der Waals surface area contributed by atoms with E-state index in [0.717, 1.165) is 3.57 Å². The third-order valence-corrected chi connectivity index (χ3v) is 4.19.